The van der Waals surface area contributed by atoms with Gasteiger partial charge < -0.3 is 0 Å². The lowest BCUT2D eigenvalue weighted by molar-refractivity contribution is -0.884. The normalized spacial score (nSPS) is 10.6. The molecule has 1 aromatic carbocycles. The van der Waals surface area contributed by atoms with Crippen LogP contribution in [0.5, 0.6) is 0 Å². The van der Waals surface area contributed by atoms with Gasteiger partial charge in [-0.05, 0) is 34.5 Å². The van der Waals surface area contributed by atoms with E-state index in [2.05, 4.69) is 15.9 Å². The van der Waals surface area contributed by atoms with E-state index in [9.17, 15) is 5.21 Å². The predicted molar refractivity (Wildman–Crippen MR) is 53.8 cm³/mol. The van der Waals surface area contributed by atoms with Gasteiger partial charge in [0.25, 0.3) is 5.52 Å². The summed E-state index contributed by atoms with van der Waals surface area (Å²) < 4.78 is 2.16. The molecule has 0 aliphatic rings. The molecule has 0 bridgehead atoms. The highest BCUT2D eigenvalue weighted by molar-refractivity contribution is 9.10. The number of benzene rings is 1. The molecule has 1 heterocycles. The third kappa shape index (κ3) is 1.29. The molecule has 0 fully saturated rings. The van der Waals surface area contributed by atoms with Crippen molar-refractivity contribution in [2.75, 3.05) is 0 Å². The van der Waals surface area contributed by atoms with Crippen LogP contribution in [-0.4, -0.2) is 5.21 Å². The van der Waals surface area contributed by atoms with Crippen LogP contribution in [0.1, 0.15) is 5.56 Å². The zero-order valence-corrected chi connectivity index (χ0v) is 8.75. The van der Waals surface area contributed by atoms with Crippen molar-refractivity contribution in [1.82, 2.24) is 0 Å². The second-order valence-electron chi connectivity index (χ2n) is 2.98. The molecule has 0 unspecified atom stereocenters. The Kier molecular flexibility index (Phi) is 1.96. The van der Waals surface area contributed by atoms with Crippen LogP contribution in [0.2, 0.25) is 0 Å². The Labute approximate surface area is 84.5 Å². The molecule has 1 N–H and O–H groups in total. The fourth-order valence-corrected chi connectivity index (χ4v) is 1.82. The number of rotatable bonds is 0. The maximum absolute atomic E-state index is 9.48. The molecular formula is C10H9BrNO+. The largest absolute Gasteiger partial charge is 0.285 e. The zero-order chi connectivity index (χ0) is 9.42. The minimum Gasteiger partial charge on any atom is -0.285 e. The summed E-state index contributed by atoms with van der Waals surface area (Å²) in [5.41, 5.74) is 1.97. The van der Waals surface area contributed by atoms with E-state index in [0.29, 0.717) is 0 Å². The molecule has 2 nitrogen and oxygen atoms in total. The molecule has 1 aromatic heterocycles. The van der Waals surface area contributed by atoms with E-state index in [-0.39, 0.29) is 0 Å². The molecule has 3 heteroatoms. The van der Waals surface area contributed by atoms with Crippen LogP contribution in [0.15, 0.2) is 34.9 Å². The highest BCUT2D eigenvalue weighted by atomic mass is 79.9. The smallest absolute Gasteiger partial charge is 0.265 e. The van der Waals surface area contributed by atoms with Gasteiger partial charge in [-0.1, -0.05) is 6.07 Å². The van der Waals surface area contributed by atoms with E-state index in [1.165, 1.54) is 5.56 Å². The Morgan fingerprint density at radius 3 is 2.85 bits per heavy atom. The average Bonchev–Trinajstić information content (AvgIpc) is 2.12. The second kappa shape index (κ2) is 3.00. The Bertz CT molecular complexity index is 468. The van der Waals surface area contributed by atoms with E-state index in [1.54, 1.807) is 6.20 Å². The summed E-state index contributed by atoms with van der Waals surface area (Å²) >= 11 is 3.49. The molecule has 66 valence electrons. The molecule has 0 spiro atoms. The molecule has 0 amide bonds. The standard InChI is InChI=1S/C10H9BrNO/c1-7-4-5-9-8(10(7)11)3-2-6-12(9)13/h2-6,13H,1H3/q+1. The Balaban J connectivity index is 2.94. The maximum Gasteiger partial charge on any atom is 0.265 e. The minimum atomic E-state index is 0.806. The van der Waals surface area contributed by atoms with Gasteiger partial charge in [0.1, 0.15) is 0 Å². The molecule has 2 rings (SSSR count). The molecule has 13 heavy (non-hydrogen) atoms. The van der Waals surface area contributed by atoms with Crippen molar-refractivity contribution in [3.63, 3.8) is 0 Å². The predicted octanol–water partition coefficient (Wildman–Crippen LogP) is 2.44. The van der Waals surface area contributed by atoms with Crippen molar-refractivity contribution in [3.05, 3.63) is 40.5 Å². The first-order valence-corrected chi connectivity index (χ1v) is 4.78. The molecule has 0 aliphatic carbocycles. The third-order valence-electron chi connectivity index (χ3n) is 2.09. The summed E-state index contributed by atoms with van der Waals surface area (Å²) in [6.07, 6.45) is 1.62. The van der Waals surface area contributed by atoms with Gasteiger partial charge in [0.2, 0.25) is 6.20 Å². The van der Waals surface area contributed by atoms with Gasteiger partial charge in [-0.15, -0.1) is 0 Å². The minimum absolute atomic E-state index is 0.806. The van der Waals surface area contributed by atoms with E-state index >= 15 is 0 Å². The summed E-state index contributed by atoms with van der Waals surface area (Å²) in [7, 11) is 0. The molecule has 0 radical (unpaired) electrons. The quantitative estimate of drug-likeness (QED) is 0.554. The fraction of sp³-hybridized carbons (Fsp3) is 0.100. The summed E-state index contributed by atoms with van der Waals surface area (Å²) in [6.45, 7) is 2.03. The van der Waals surface area contributed by atoms with Crippen LogP contribution in [0.4, 0.5) is 0 Å². The summed E-state index contributed by atoms with van der Waals surface area (Å²) in [6, 6.07) is 7.65. The third-order valence-corrected chi connectivity index (χ3v) is 3.14. The van der Waals surface area contributed by atoms with Crippen LogP contribution in [0, 0.1) is 6.92 Å². The van der Waals surface area contributed by atoms with Crippen LogP contribution < -0.4 is 4.73 Å². The van der Waals surface area contributed by atoms with Gasteiger partial charge in [0.05, 0.1) is 5.39 Å². The number of hydrogen-bond acceptors (Lipinski definition) is 1. The zero-order valence-electron chi connectivity index (χ0n) is 7.16. The van der Waals surface area contributed by atoms with Gasteiger partial charge >= 0.3 is 0 Å². The van der Waals surface area contributed by atoms with Crippen molar-refractivity contribution in [1.29, 1.82) is 0 Å². The SMILES string of the molecule is Cc1ccc2c(ccc[n+]2O)c1Br. The van der Waals surface area contributed by atoms with Gasteiger partial charge in [-0.2, -0.15) is 0 Å². The summed E-state index contributed by atoms with van der Waals surface area (Å²) in [5.74, 6) is 0. The topological polar surface area (TPSA) is 24.1 Å². The molecule has 0 atom stereocenters. The second-order valence-corrected chi connectivity index (χ2v) is 3.77. The number of aromatic nitrogens is 1. The molecule has 0 saturated heterocycles. The van der Waals surface area contributed by atoms with Crippen molar-refractivity contribution in [2.45, 2.75) is 6.92 Å². The maximum atomic E-state index is 9.48. The Morgan fingerprint density at radius 1 is 1.31 bits per heavy atom. The lowest BCUT2D eigenvalue weighted by Crippen LogP contribution is -2.29. The van der Waals surface area contributed by atoms with Crippen molar-refractivity contribution in [3.8, 4) is 0 Å². The van der Waals surface area contributed by atoms with Crippen molar-refractivity contribution < 1.29 is 9.94 Å². The number of hydrogen-bond donors (Lipinski definition) is 1. The molecular weight excluding hydrogens is 230 g/mol. The monoisotopic (exact) mass is 238 g/mol. The van der Waals surface area contributed by atoms with Gasteiger partial charge in [-0.25, -0.2) is 0 Å². The van der Waals surface area contributed by atoms with Crippen LogP contribution in [-0.2, 0) is 0 Å². The van der Waals surface area contributed by atoms with Gasteiger partial charge in [0, 0.05) is 21.3 Å². The highest BCUT2D eigenvalue weighted by Crippen LogP contribution is 2.24. The lowest BCUT2D eigenvalue weighted by Gasteiger charge is -1.99. The first-order valence-electron chi connectivity index (χ1n) is 3.99. The van der Waals surface area contributed by atoms with Gasteiger partial charge in [0.15, 0.2) is 0 Å². The Hall–Kier alpha value is -1.09. The number of halogens is 1. The molecule has 2 aromatic rings. The highest BCUT2D eigenvalue weighted by Gasteiger charge is 2.10. The summed E-state index contributed by atoms with van der Waals surface area (Å²) in [5, 5.41) is 10.5. The van der Waals surface area contributed by atoms with E-state index in [1.807, 2.05) is 31.2 Å². The number of fused-ring (bicyclic) bond motifs is 1. The Morgan fingerprint density at radius 2 is 2.08 bits per heavy atom. The van der Waals surface area contributed by atoms with E-state index in [0.717, 1.165) is 20.1 Å². The first-order chi connectivity index (χ1) is 6.20. The van der Waals surface area contributed by atoms with Crippen molar-refractivity contribution >= 4 is 26.8 Å². The molecule has 0 saturated carbocycles. The van der Waals surface area contributed by atoms with Crippen LogP contribution in [0.3, 0.4) is 0 Å². The average molecular weight is 239 g/mol. The lowest BCUT2D eigenvalue weighted by atomic mass is 10.1. The number of aryl methyl sites for hydroxylation is 1. The number of pyridine rings is 1. The van der Waals surface area contributed by atoms with Gasteiger partial charge in [-0.3, -0.25) is 5.21 Å². The van der Waals surface area contributed by atoms with E-state index in [4.69, 9.17) is 0 Å². The summed E-state index contributed by atoms with van der Waals surface area (Å²) in [4.78, 5) is 0. The molecule has 0 aliphatic heterocycles. The number of nitrogens with zero attached hydrogens (tertiary/aromatic N) is 1. The first kappa shape index (κ1) is 8.51. The van der Waals surface area contributed by atoms with Crippen LogP contribution >= 0.6 is 15.9 Å². The van der Waals surface area contributed by atoms with Crippen LogP contribution in [0.25, 0.3) is 10.9 Å². The fourth-order valence-electron chi connectivity index (χ4n) is 1.35. The van der Waals surface area contributed by atoms with E-state index < -0.39 is 0 Å². The van der Waals surface area contributed by atoms with Crippen molar-refractivity contribution in [2.24, 2.45) is 0 Å².